The van der Waals surface area contributed by atoms with Crippen LogP contribution in [0.25, 0.3) is 5.65 Å². The lowest BCUT2D eigenvalue weighted by molar-refractivity contribution is -0.145. The van der Waals surface area contributed by atoms with Crippen molar-refractivity contribution in [3.63, 3.8) is 0 Å². The van der Waals surface area contributed by atoms with Crippen molar-refractivity contribution in [2.75, 3.05) is 5.32 Å². The van der Waals surface area contributed by atoms with Gasteiger partial charge in [-0.15, -0.1) is 11.8 Å². The van der Waals surface area contributed by atoms with Gasteiger partial charge in [0.1, 0.15) is 12.3 Å². The molecule has 7 nitrogen and oxygen atoms in total. The first kappa shape index (κ1) is 18.7. The van der Waals surface area contributed by atoms with Gasteiger partial charge in [-0.25, -0.2) is 4.98 Å². The highest BCUT2D eigenvalue weighted by Crippen LogP contribution is 2.36. The first-order chi connectivity index (χ1) is 13.5. The van der Waals surface area contributed by atoms with E-state index in [-0.39, 0.29) is 24.5 Å². The van der Waals surface area contributed by atoms with E-state index in [1.165, 1.54) is 22.2 Å². The van der Waals surface area contributed by atoms with Crippen LogP contribution in [0.5, 0.6) is 0 Å². The molecule has 0 radical (unpaired) electrons. The van der Waals surface area contributed by atoms with Crippen LogP contribution < -0.4 is 10.9 Å². The van der Waals surface area contributed by atoms with Gasteiger partial charge in [0.05, 0.1) is 23.1 Å². The molecule has 1 N–H and O–H groups in total. The van der Waals surface area contributed by atoms with Crippen LogP contribution in [0.15, 0.2) is 62.8 Å². The summed E-state index contributed by atoms with van der Waals surface area (Å²) >= 11 is 4.64. The Morgan fingerprint density at radius 1 is 1.25 bits per heavy atom. The molecule has 3 heterocycles. The molecule has 0 bridgehead atoms. The number of hydrogen-bond donors (Lipinski definition) is 1. The quantitative estimate of drug-likeness (QED) is 0.603. The minimum atomic E-state index is -0.560. The van der Waals surface area contributed by atoms with Gasteiger partial charge in [0.15, 0.2) is 0 Å². The van der Waals surface area contributed by atoms with Gasteiger partial charge in [-0.2, -0.15) is 0 Å². The number of para-hydroxylation sites is 1. The number of amides is 1. The number of halogens is 1. The van der Waals surface area contributed by atoms with Crippen molar-refractivity contribution in [2.24, 2.45) is 0 Å². The summed E-state index contributed by atoms with van der Waals surface area (Å²) in [5.41, 5.74) is 1.29. The summed E-state index contributed by atoms with van der Waals surface area (Å²) in [6, 6.07) is 12.2. The Bertz CT molecular complexity index is 1150. The first-order valence-corrected chi connectivity index (χ1v) is 10.1. The van der Waals surface area contributed by atoms with Crippen LogP contribution in [0, 0.1) is 0 Å². The second kappa shape index (κ2) is 7.76. The number of nitrogens with zero attached hydrogens (tertiary/aromatic N) is 2. The highest BCUT2D eigenvalue weighted by Gasteiger charge is 2.29. The Morgan fingerprint density at radius 2 is 2.07 bits per heavy atom. The summed E-state index contributed by atoms with van der Waals surface area (Å²) in [4.78, 5) is 41.8. The maximum absolute atomic E-state index is 12.2. The van der Waals surface area contributed by atoms with Gasteiger partial charge >= 0.3 is 5.97 Å². The third-order valence-electron chi connectivity index (χ3n) is 4.12. The Hall–Kier alpha value is -2.65. The largest absolute Gasteiger partial charge is 0.459 e. The van der Waals surface area contributed by atoms with Crippen molar-refractivity contribution >= 4 is 50.9 Å². The zero-order valence-corrected chi connectivity index (χ0v) is 16.8. The van der Waals surface area contributed by atoms with Gasteiger partial charge in [-0.3, -0.25) is 18.8 Å². The number of anilines is 1. The molecule has 1 atom stereocenters. The van der Waals surface area contributed by atoms with Crippen molar-refractivity contribution in [1.29, 1.82) is 0 Å². The lowest BCUT2D eigenvalue weighted by Gasteiger charge is -2.23. The number of carbonyl (C=O) groups excluding carboxylic acids is 2. The molecule has 1 aliphatic rings. The first-order valence-electron chi connectivity index (χ1n) is 8.39. The highest BCUT2D eigenvalue weighted by molar-refractivity contribution is 9.10. The number of pyridine rings is 1. The fraction of sp³-hybridized carbons (Fsp3) is 0.158. The van der Waals surface area contributed by atoms with Gasteiger partial charge in [0.25, 0.3) is 5.56 Å². The molecule has 0 saturated carbocycles. The maximum Gasteiger partial charge on any atom is 0.307 e. The lowest BCUT2D eigenvalue weighted by Crippen LogP contribution is -2.31. The second-order valence-corrected chi connectivity index (χ2v) is 8.28. The van der Waals surface area contributed by atoms with Crippen molar-refractivity contribution in [2.45, 2.75) is 23.2 Å². The molecule has 1 aromatic carbocycles. The summed E-state index contributed by atoms with van der Waals surface area (Å²) < 4.78 is 7.40. The molecule has 1 aliphatic heterocycles. The number of carbonyl (C=O) groups is 2. The van der Waals surface area contributed by atoms with E-state index in [0.29, 0.717) is 11.3 Å². The number of fused-ring (bicyclic) bond motifs is 2. The Balaban J connectivity index is 1.41. The van der Waals surface area contributed by atoms with Gasteiger partial charge in [-0.05, 0) is 40.2 Å². The molecule has 1 amide bonds. The van der Waals surface area contributed by atoms with E-state index < -0.39 is 11.2 Å². The predicted molar refractivity (Wildman–Crippen MR) is 108 cm³/mol. The fourth-order valence-corrected chi connectivity index (χ4v) is 4.22. The number of thioether (sulfide) groups is 1. The number of aromatic nitrogens is 2. The molecular weight excluding hydrogens is 446 g/mol. The van der Waals surface area contributed by atoms with E-state index in [1.54, 1.807) is 18.3 Å². The zero-order chi connectivity index (χ0) is 19.7. The molecule has 28 heavy (non-hydrogen) atoms. The van der Waals surface area contributed by atoms with E-state index in [9.17, 15) is 14.4 Å². The smallest absolute Gasteiger partial charge is 0.307 e. The molecule has 0 saturated heterocycles. The van der Waals surface area contributed by atoms with Crippen molar-refractivity contribution < 1.29 is 14.3 Å². The van der Waals surface area contributed by atoms with Gasteiger partial charge in [-0.1, -0.05) is 12.1 Å². The fourth-order valence-electron chi connectivity index (χ4n) is 2.79. The summed E-state index contributed by atoms with van der Waals surface area (Å²) in [7, 11) is 0. The van der Waals surface area contributed by atoms with Crippen molar-refractivity contribution in [3.05, 3.63) is 69.2 Å². The highest BCUT2D eigenvalue weighted by atomic mass is 79.9. The average Bonchev–Trinajstić information content (AvgIpc) is 2.67. The third kappa shape index (κ3) is 3.95. The average molecular weight is 460 g/mol. The van der Waals surface area contributed by atoms with Gasteiger partial charge in [0, 0.05) is 21.6 Å². The van der Waals surface area contributed by atoms with E-state index >= 15 is 0 Å². The van der Waals surface area contributed by atoms with Crippen LogP contribution in [0.4, 0.5) is 5.69 Å². The van der Waals surface area contributed by atoms with Crippen molar-refractivity contribution in [3.8, 4) is 0 Å². The van der Waals surface area contributed by atoms with E-state index in [2.05, 4.69) is 26.2 Å². The van der Waals surface area contributed by atoms with Crippen LogP contribution in [0.2, 0.25) is 0 Å². The summed E-state index contributed by atoms with van der Waals surface area (Å²) in [6.45, 7) is -0.129. The molecule has 9 heteroatoms. The van der Waals surface area contributed by atoms with Crippen LogP contribution in [0.3, 0.4) is 0 Å². The molecule has 1 unspecified atom stereocenters. The molecule has 2 aromatic heterocycles. The van der Waals surface area contributed by atoms with Crippen LogP contribution in [-0.2, 0) is 20.9 Å². The Labute approximate surface area is 172 Å². The minimum absolute atomic E-state index is 0.0651. The minimum Gasteiger partial charge on any atom is -0.459 e. The Morgan fingerprint density at radius 3 is 2.93 bits per heavy atom. The van der Waals surface area contributed by atoms with Crippen LogP contribution >= 0.6 is 27.7 Å². The van der Waals surface area contributed by atoms with Gasteiger partial charge < -0.3 is 10.1 Å². The maximum atomic E-state index is 12.2. The molecule has 0 aliphatic carbocycles. The number of rotatable bonds is 4. The topological polar surface area (TPSA) is 89.8 Å². The normalized spacial score (nSPS) is 15.8. The number of ether oxygens (including phenoxy) is 1. The van der Waals surface area contributed by atoms with Crippen LogP contribution in [-0.4, -0.2) is 26.5 Å². The molecule has 4 rings (SSSR count). The number of hydrogen-bond acceptors (Lipinski definition) is 6. The Kier molecular flexibility index (Phi) is 5.19. The summed E-state index contributed by atoms with van der Waals surface area (Å²) in [5, 5.41) is 2.23. The SMILES string of the molecule is O=C(CC1Sc2ccccc2NC1=O)OCc1cc(=O)n2cc(Br)ccc2n1. The van der Waals surface area contributed by atoms with E-state index in [0.717, 1.165) is 15.1 Å². The monoisotopic (exact) mass is 459 g/mol. The summed E-state index contributed by atoms with van der Waals surface area (Å²) in [6.07, 6.45) is 1.56. The van der Waals surface area contributed by atoms with Crippen molar-refractivity contribution in [1.82, 2.24) is 9.38 Å². The third-order valence-corrected chi connectivity index (χ3v) is 5.86. The molecule has 0 fully saturated rings. The molecule has 3 aromatic rings. The molecular formula is C19H14BrN3O4S. The number of nitrogens with one attached hydrogen (secondary N) is 1. The molecule has 0 spiro atoms. The number of esters is 1. The standard InChI is InChI=1S/C19H14BrN3O4S/c20-11-5-6-16-21-12(7-17(24)23(16)9-11)10-27-18(25)8-15-19(26)22-13-3-1-2-4-14(13)28-15/h1-7,9,15H,8,10H2,(H,22,26). The second-order valence-electron chi connectivity index (χ2n) is 6.12. The van der Waals surface area contributed by atoms with Gasteiger partial charge in [0.2, 0.25) is 5.91 Å². The van der Waals surface area contributed by atoms with E-state index in [4.69, 9.17) is 4.74 Å². The zero-order valence-electron chi connectivity index (χ0n) is 14.4. The summed E-state index contributed by atoms with van der Waals surface area (Å²) in [5.74, 6) is -0.752. The number of benzene rings is 1. The molecule has 142 valence electrons. The predicted octanol–water partition coefficient (Wildman–Crippen LogP) is 3.00. The van der Waals surface area contributed by atoms with E-state index in [1.807, 2.05) is 24.3 Å². The van der Waals surface area contributed by atoms with Crippen LogP contribution in [0.1, 0.15) is 12.1 Å². The lowest BCUT2D eigenvalue weighted by atomic mass is 10.2.